The summed E-state index contributed by atoms with van der Waals surface area (Å²) in [7, 11) is 0. The molecule has 1 fully saturated rings. The molecule has 0 aromatic heterocycles. The first kappa shape index (κ1) is 13.6. The maximum atomic E-state index is 6.56. The van der Waals surface area contributed by atoms with E-state index in [0.29, 0.717) is 0 Å². The number of hydrogen-bond acceptors (Lipinski definition) is 2. The van der Waals surface area contributed by atoms with Crippen LogP contribution >= 0.6 is 0 Å². The number of rotatable bonds is 1. The lowest BCUT2D eigenvalue weighted by Crippen LogP contribution is -2.37. The molecule has 0 spiro atoms. The molecule has 2 N–H and O–H groups in total. The van der Waals surface area contributed by atoms with Crippen LogP contribution in [-0.4, -0.2) is 13.2 Å². The van der Waals surface area contributed by atoms with Crippen LogP contribution in [0.5, 0.6) is 0 Å². The van der Waals surface area contributed by atoms with E-state index in [1.807, 2.05) is 0 Å². The second-order valence-corrected chi connectivity index (χ2v) is 6.45. The van der Waals surface area contributed by atoms with Crippen LogP contribution in [0.1, 0.15) is 51.2 Å². The minimum Gasteiger partial charge on any atom is -0.381 e. The Hall–Kier alpha value is -0.860. The van der Waals surface area contributed by atoms with Gasteiger partial charge in [0.05, 0.1) is 0 Å². The summed E-state index contributed by atoms with van der Waals surface area (Å²) in [4.78, 5) is 0. The Morgan fingerprint density at radius 1 is 1.06 bits per heavy atom. The second-order valence-electron chi connectivity index (χ2n) is 6.45. The molecular formula is C16H25NO. The van der Waals surface area contributed by atoms with Crippen molar-refractivity contribution in [3.05, 3.63) is 35.4 Å². The smallest absolute Gasteiger partial charge is 0.0486 e. The molecule has 1 aliphatic heterocycles. The van der Waals surface area contributed by atoms with Crippen LogP contribution < -0.4 is 5.73 Å². The molecule has 0 bridgehead atoms. The second kappa shape index (κ2) is 5.02. The zero-order valence-electron chi connectivity index (χ0n) is 11.8. The van der Waals surface area contributed by atoms with Gasteiger partial charge in [-0.25, -0.2) is 0 Å². The molecule has 1 aromatic carbocycles. The average molecular weight is 247 g/mol. The van der Waals surface area contributed by atoms with E-state index in [-0.39, 0.29) is 11.0 Å². The van der Waals surface area contributed by atoms with Crippen molar-refractivity contribution in [1.82, 2.24) is 0 Å². The Kier molecular flexibility index (Phi) is 3.79. The Balaban J connectivity index is 2.22. The van der Waals surface area contributed by atoms with E-state index in [9.17, 15) is 0 Å². The third kappa shape index (κ3) is 2.93. The van der Waals surface area contributed by atoms with Gasteiger partial charge in [0, 0.05) is 18.8 Å². The average Bonchev–Trinajstić information content (AvgIpc) is 2.54. The van der Waals surface area contributed by atoms with Crippen molar-refractivity contribution >= 4 is 0 Å². The van der Waals surface area contributed by atoms with Crippen LogP contribution in [-0.2, 0) is 15.7 Å². The van der Waals surface area contributed by atoms with Gasteiger partial charge in [0.1, 0.15) is 0 Å². The predicted octanol–water partition coefficient (Wildman–Crippen LogP) is 3.34. The lowest BCUT2D eigenvalue weighted by atomic mass is 9.81. The van der Waals surface area contributed by atoms with Crippen LogP contribution in [0.2, 0.25) is 0 Å². The minimum atomic E-state index is -0.201. The third-order valence-electron chi connectivity index (χ3n) is 3.93. The molecule has 1 aromatic rings. The summed E-state index contributed by atoms with van der Waals surface area (Å²) in [5.41, 5.74) is 9.17. The van der Waals surface area contributed by atoms with Gasteiger partial charge < -0.3 is 10.5 Å². The van der Waals surface area contributed by atoms with E-state index >= 15 is 0 Å². The maximum absolute atomic E-state index is 6.56. The quantitative estimate of drug-likeness (QED) is 0.826. The monoisotopic (exact) mass is 247 g/mol. The van der Waals surface area contributed by atoms with E-state index in [0.717, 1.165) is 32.5 Å². The molecule has 100 valence electrons. The molecule has 2 heteroatoms. The largest absolute Gasteiger partial charge is 0.381 e. The van der Waals surface area contributed by atoms with E-state index in [1.165, 1.54) is 11.1 Å². The van der Waals surface area contributed by atoms with Gasteiger partial charge in [-0.15, -0.1) is 0 Å². The molecule has 0 radical (unpaired) electrons. The zero-order valence-corrected chi connectivity index (χ0v) is 11.8. The summed E-state index contributed by atoms with van der Waals surface area (Å²) in [6.07, 6.45) is 2.99. The van der Waals surface area contributed by atoms with Gasteiger partial charge in [0.25, 0.3) is 0 Å². The van der Waals surface area contributed by atoms with E-state index < -0.39 is 0 Å². The van der Waals surface area contributed by atoms with Crippen molar-refractivity contribution in [1.29, 1.82) is 0 Å². The molecule has 1 unspecified atom stereocenters. The van der Waals surface area contributed by atoms with E-state index in [1.54, 1.807) is 0 Å². The molecule has 2 rings (SSSR count). The lowest BCUT2D eigenvalue weighted by Gasteiger charge is -2.29. The van der Waals surface area contributed by atoms with Crippen LogP contribution in [0.4, 0.5) is 0 Å². The number of benzene rings is 1. The van der Waals surface area contributed by atoms with Crippen LogP contribution in [0.3, 0.4) is 0 Å². The van der Waals surface area contributed by atoms with Gasteiger partial charge >= 0.3 is 0 Å². The molecule has 0 aliphatic carbocycles. The third-order valence-corrected chi connectivity index (χ3v) is 3.93. The Bertz CT molecular complexity index is 381. The molecule has 0 amide bonds. The van der Waals surface area contributed by atoms with Gasteiger partial charge in [-0.2, -0.15) is 0 Å². The number of ether oxygens (including phenoxy) is 1. The SMILES string of the molecule is CC(C)(C)c1ccc(C2(N)CCCOCC2)cc1. The molecule has 0 saturated carbocycles. The van der Waals surface area contributed by atoms with Crippen LogP contribution in [0.25, 0.3) is 0 Å². The normalized spacial score (nSPS) is 25.8. The van der Waals surface area contributed by atoms with Crippen molar-refractivity contribution in [2.45, 2.75) is 51.0 Å². The predicted molar refractivity (Wildman–Crippen MR) is 75.7 cm³/mol. The highest BCUT2D eigenvalue weighted by Crippen LogP contribution is 2.31. The van der Waals surface area contributed by atoms with Gasteiger partial charge in [-0.05, 0) is 35.8 Å². The molecule has 1 heterocycles. The summed E-state index contributed by atoms with van der Waals surface area (Å²) in [5, 5.41) is 0. The van der Waals surface area contributed by atoms with Gasteiger partial charge in [0.2, 0.25) is 0 Å². The molecule has 18 heavy (non-hydrogen) atoms. The van der Waals surface area contributed by atoms with Crippen molar-refractivity contribution in [3.8, 4) is 0 Å². The summed E-state index contributed by atoms with van der Waals surface area (Å²) < 4.78 is 5.51. The number of nitrogens with two attached hydrogens (primary N) is 1. The Labute approximate surface area is 111 Å². The fourth-order valence-corrected chi connectivity index (χ4v) is 2.56. The molecule has 1 atom stereocenters. The van der Waals surface area contributed by atoms with Gasteiger partial charge in [-0.1, -0.05) is 45.0 Å². The summed E-state index contributed by atoms with van der Waals surface area (Å²) in [5.74, 6) is 0. The van der Waals surface area contributed by atoms with Crippen molar-refractivity contribution < 1.29 is 4.74 Å². The molecular weight excluding hydrogens is 222 g/mol. The van der Waals surface area contributed by atoms with Crippen LogP contribution in [0, 0.1) is 0 Å². The van der Waals surface area contributed by atoms with Gasteiger partial charge in [-0.3, -0.25) is 0 Å². The zero-order chi connectivity index (χ0) is 13.2. The fourth-order valence-electron chi connectivity index (χ4n) is 2.56. The number of hydrogen-bond donors (Lipinski definition) is 1. The first-order valence-electron chi connectivity index (χ1n) is 6.89. The summed E-state index contributed by atoms with van der Waals surface area (Å²) in [6.45, 7) is 8.33. The van der Waals surface area contributed by atoms with Crippen molar-refractivity contribution in [3.63, 3.8) is 0 Å². The van der Waals surface area contributed by atoms with E-state index in [4.69, 9.17) is 10.5 Å². The fraction of sp³-hybridized carbons (Fsp3) is 0.625. The maximum Gasteiger partial charge on any atom is 0.0486 e. The summed E-state index contributed by atoms with van der Waals surface area (Å²) >= 11 is 0. The first-order valence-corrected chi connectivity index (χ1v) is 6.89. The lowest BCUT2D eigenvalue weighted by molar-refractivity contribution is 0.139. The van der Waals surface area contributed by atoms with Gasteiger partial charge in [0.15, 0.2) is 0 Å². The first-order chi connectivity index (χ1) is 8.42. The minimum absolute atomic E-state index is 0.201. The highest BCUT2D eigenvalue weighted by atomic mass is 16.5. The highest BCUT2D eigenvalue weighted by molar-refractivity contribution is 5.31. The Morgan fingerprint density at radius 3 is 2.33 bits per heavy atom. The topological polar surface area (TPSA) is 35.2 Å². The molecule has 2 nitrogen and oxygen atoms in total. The Morgan fingerprint density at radius 2 is 1.72 bits per heavy atom. The summed E-state index contributed by atoms with van der Waals surface area (Å²) in [6, 6.07) is 8.84. The highest BCUT2D eigenvalue weighted by Gasteiger charge is 2.28. The molecule has 1 saturated heterocycles. The van der Waals surface area contributed by atoms with Crippen molar-refractivity contribution in [2.75, 3.05) is 13.2 Å². The van der Waals surface area contributed by atoms with E-state index in [2.05, 4.69) is 45.0 Å². The van der Waals surface area contributed by atoms with Crippen LogP contribution in [0.15, 0.2) is 24.3 Å². The molecule has 1 aliphatic rings. The van der Waals surface area contributed by atoms with Crippen molar-refractivity contribution in [2.24, 2.45) is 5.73 Å². The standard InChI is InChI=1S/C16H25NO/c1-15(2,3)13-5-7-14(8-6-13)16(17)9-4-11-18-12-10-16/h5-8H,4,9-12,17H2,1-3H3.